The van der Waals surface area contributed by atoms with E-state index in [1.54, 1.807) is 18.5 Å². The van der Waals surface area contributed by atoms with Crippen LogP contribution >= 0.6 is 0 Å². The van der Waals surface area contributed by atoms with Crippen LogP contribution in [0.15, 0.2) is 42.7 Å². The predicted octanol–water partition coefficient (Wildman–Crippen LogP) is 1.36. The summed E-state index contributed by atoms with van der Waals surface area (Å²) in [4.78, 5) is 26.9. The molecule has 0 amide bonds. The average molecular weight is 387 g/mol. The molecule has 10 heteroatoms. The van der Waals surface area contributed by atoms with Crippen molar-refractivity contribution in [1.29, 1.82) is 0 Å². The van der Waals surface area contributed by atoms with Gasteiger partial charge in [0.2, 0.25) is 0 Å². The standard InChI is InChI=1S/C17H17N5O4S/c1-10-5-3-7-19-14(10)13-9-12-6-4-8-20-16(12)15(21-13)11(2)17(23)26-27(24,25)22-18/h3-9,11,22H,18H2,1-2H3. The SMILES string of the molecule is Cc1cccnc1-c1cc2cccnc2c(C(C)C(=O)OS(=O)(=O)NN)n1. The highest BCUT2D eigenvalue weighted by Gasteiger charge is 2.27. The van der Waals surface area contributed by atoms with Crippen molar-refractivity contribution in [3.8, 4) is 11.4 Å². The van der Waals surface area contributed by atoms with E-state index in [1.165, 1.54) is 11.8 Å². The number of carbonyl (C=O) groups is 1. The van der Waals surface area contributed by atoms with Crippen molar-refractivity contribution < 1.29 is 17.4 Å². The van der Waals surface area contributed by atoms with Gasteiger partial charge in [0, 0.05) is 17.8 Å². The Morgan fingerprint density at radius 3 is 2.63 bits per heavy atom. The van der Waals surface area contributed by atoms with E-state index in [4.69, 9.17) is 5.84 Å². The van der Waals surface area contributed by atoms with E-state index in [0.717, 1.165) is 10.9 Å². The van der Waals surface area contributed by atoms with E-state index in [9.17, 15) is 13.2 Å². The Balaban J connectivity index is 2.14. The van der Waals surface area contributed by atoms with Crippen LogP contribution in [-0.2, 0) is 19.3 Å². The summed E-state index contributed by atoms with van der Waals surface area (Å²) in [7, 11) is -4.38. The normalized spacial score (nSPS) is 12.7. The minimum atomic E-state index is -4.38. The van der Waals surface area contributed by atoms with Gasteiger partial charge in [-0.05, 0) is 37.6 Å². The molecule has 0 aliphatic rings. The summed E-state index contributed by atoms with van der Waals surface area (Å²) in [5, 5.41) is 0.738. The molecule has 3 aromatic rings. The van der Waals surface area contributed by atoms with Crippen LogP contribution in [-0.4, -0.2) is 29.3 Å². The number of fused-ring (bicyclic) bond motifs is 1. The second-order valence-corrected chi connectivity index (χ2v) is 7.14. The molecule has 0 aromatic carbocycles. The number of carbonyl (C=O) groups excluding carboxylic acids is 1. The third kappa shape index (κ3) is 3.92. The minimum absolute atomic E-state index is 0.283. The Morgan fingerprint density at radius 2 is 1.93 bits per heavy atom. The molecule has 1 unspecified atom stereocenters. The molecule has 3 N–H and O–H groups in total. The van der Waals surface area contributed by atoms with Crippen molar-refractivity contribution >= 4 is 27.2 Å². The number of nitrogens with one attached hydrogen (secondary N) is 1. The first kappa shape index (κ1) is 18.8. The highest BCUT2D eigenvalue weighted by Crippen LogP contribution is 2.29. The Bertz CT molecular complexity index is 1120. The van der Waals surface area contributed by atoms with Gasteiger partial charge in [0.05, 0.1) is 28.5 Å². The maximum Gasteiger partial charge on any atom is 0.397 e. The topological polar surface area (TPSA) is 137 Å². The number of hydrogen-bond donors (Lipinski definition) is 2. The van der Waals surface area contributed by atoms with Gasteiger partial charge in [-0.25, -0.2) is 4.98 Å². The van der Waals surface area contributed by atoms with Crippen molar-refractivity contribution in [2.24, 2.45) is 5.84 Å². The van der Waals surface area contributed by atoms with Crippen LogP contribution in [0.1, 0.15) is 24.1 Å². The van der Waals surface area contributed by atoms with E-state index in [-0.39, 0.29) is 5.69 Å². The molecule has 0 bridgehead atoms. The molecule has 1 atom stereocenters. The largest absolute Gasteiger partial charge is 0.397 e. The van der Waals surface area contributed by atoms with Crippen molar-refractivity contribution in [3.63, 3.8) is 0 Å². The van der Waals surface area contributed by atoms with E-state index in [2.05, 4.69) is 19.1 Å². The van der Waals surface area contributed by atoms with Gasteiger partial charge in [0.15, 0.2) is 0 Å². The third-order valence-corrected chi connectivity index (χ3v) is 4.64. The molecular weight excluding hydrogens is 370 g/mol. The fourth-order valence-corrected chi connectivity index (χ4v) is 3.01. The number of hydrogen-bond acceptors (Lipinski definition) is 8. The lowest BCUT2D eigenvalue weighted by Crippen LogP contribution is -2.34. The van der Waals surface area contributed by atoms with Crippen LogP contribution in [0, 0.1) is 6.92 Å². The van der Waals surface area contributed by atoms with E-state index in [1.807, 2.05) is 31.2 Å². The van der Waals surface area contributed by atoms with Crippen LogP contribution in [0.25, 0.3) is 22.3 Å². The van der Waals surface area contributed by atoms with Crippen LogP contribution in [0.5, 0.6) is 0 Å². The lowest BCUT2D eigenvalue weighted by molar-refractivity contribution is -0.135. The molecule has 0 spiro atoms. The first-order chi connectivity index (χ1) is 12.8. The number of hydrazine groups is 1. The number of rotatable bonds is 5. The Hall–Kier alpha value is -2.95. The second-order valence-electron chi connectivity index (χ2n) is 5.83. The summed E-state index contributed by atoms with van der Waals surface area (Å²) >= 11 is 0. The van der Waals surface area contributed by atoms with Gasteiger partial charge in [-0.15, -0.1) is 4.83 Å². The van der Waals surface area contributed by atoms with E-state index < -0.39 is 22.2 Å². The van der Waals surface area contributed by atoms with Crippen LogP contribution in [0.2, 0.25) is 0 Å². The summed E-state index contributed by atoms with van der Waals surface area (Å²) in [6.07, 6.45) is 3.21. The zero-order chi connectivity index (χ0) is 19.6. The maximum absolute atomic E-state index is 12.3. The Morgan fingerprint density at radius 1 is 1.22 bits per heavy atom. The molecule has 3 aromatic heterocycles. The zero-order valence-electron chi connectivity index (χ0n) is 14.6. The summed E-state index contributed by atoms with van der Waals surface area (Å²) in [6.45, 7) is 3.38. The van der Waals surface area contributed by atoms with Crippen molar-refractivity contribution in [3.05, 3.63) is 54.0 Å². The number of nitrogens with zero attached hydrogens (tertiary/aromatic N) is 3. The average Bonchev–Trinajstić information content (AvgIpc) is 2.66. The highest BCUT2D eigenvalue weighted by atomic mass is 32.2. The molecule has 27 heavy (non-hydrogen) atoms. The van der Waals surface area contributed by atoms with Crippen molar-refractivity contribution in [1.82, 2.24) is 19.8 Å². The predicted molar refractivity (Wildman–Crippen MR) is 98.3 cm³/mol. The molecular formula is C17H17N5O4S. The number of aryl methyl sites for hydroxylation is 1. The Labute approximate surface area is 155 Å². The molecule has 0 saturated heterocycles. The molecule has 0 aliphatic heterocycles. The molecule has 0 radical (unpaired) electrons. The molecule has 0 saturated carbocycles. The number of nitrogens with two attached hydrogens (primary N) is 1. The quantitative estimate of drug-likeness (QED) is 0.494. The highest BCUT2D eigenvalue weighted by molar-refractivity contribution is 7.85. The second kappa shape index (κ2) is 7.35. The van der Waals surface area contributed by atoms with Gasteiger partial charge >= 0.3 is 16.3 Å². The minimum Gasteiger partial charge on any atom is -0.333 e. The first-order valence-electron chi connectivity index (χ1n) is 7.95. The lowest BCUT2D eigenvalue weighted by atomic mass is 10.0. The summed E-state index contributed by atoms with van der Waals surface area (Å²) in [6, 6.07) is 9.11. The van der Waals surface area contributed by atoms with Crippen LogP contribution < -0.4 is 10.7 Å². The first-order valence-corrected chi connectivity index (χ1v) is 9.36. The van der Waals surface area contributed by atoms with Gasteiger partial charge in [0.25, 0.3) is 0 Å². The van der Waals surface area contributed by atoms with Gasteiger partial charge in [-0.1, -0.05) is 12.1 Å². The fraction of sp³-hybridized carbons (Fsp3) is 0.176. The summed E-state index contributed by atoms with van der Waals surface area (Å²) < 4.78 is 27.3. The lowest BCUT2D eigenvalue weighted by Gasteiger charge is -2.14. The number of pyridine rings is 3. The molecule has 9 nitrogen and oxygen atoms in total. The molecule has 0 fully saturated rings. The van der Waals surface area contributed by atoms with Gasteiger partial charge < -0.3 is 4.18 Å². The van der Waals surface area contributed by atoms with Crippen molar-refractivity contribution in [2.45, 2.75) is 19.8 Å². The third-order valence-electron chi connectivity index (χ3n) is 3.97. The van der Waals surface area contributed by atoms with Crippen LogP contribution in [0.4, 0.5) is 0 Å². The number of aromatic nitrogens is 3. The summed E-state index contributed by atoms with van der Waals surface area (Å²) in [5.41, 5.74) is 2.86. The zero-order valence-corrected chi connectivity index (χ0v) is 15.4. The fourth-order valence-electron chi connectivity index (χ4n) is 2.60. The van der Waals surface area contributed by atoms with Gasteiger partial charge in [-0.2, -0.15) is 8.42 Å². The van der Waals surface area contributed by atoms with E-state index in [0.29, 0.717) is 16.9 Å². The molecule has 3 rings (SSSR count). The van der Waals surface area contributed by atoms with E-state index >= 15 is 0 Å². The molecule has 0 aliphatic carbocycles. The van der Waals surface area contributed by atoms with Crippen LogP contribution in [0.3, 0.4) is 0 Å². The molecule has 140 valence electrons. The van der Waals surface area contributed by atoms with Gasteiger partial charge in [0.1, 0.15) is 0 Å². The van der Waals surface area contributed by atoms with Crippen molar-refractivity contribution in [2.75, 3.05) is 0 Å². The monoisotopic (exact) mass is 387 g/mol. The molecule has 3 heterocycles. The Kier molecular flexibility index (Phi) is 5.13. The smallest absolute Gasteiger partial charge is 0.333 e. The maximum atomic E-state index is 12.3. The van der Waals surface area contributed by atoms with Gasteiger partial charge in [-0.3, -0.25) is 20.6 Å². The summed E-state index contributed by atoms with van der Waals surface area (Å²) in [5.74, 6) is 2.82.